The van der Waals surface area contributed by atoms with Crippen LogP contribution < -0.4 is 10.5 Å². The van der Waals surface area contributed by atoms with Gasteiger partial charge in [0.2, 0.25) is 0 Å². The Bertz CT molecular complexity index is 488. The topological polar surface area (TPSA) is 63.9 Å². The number of nitrogen functional groups attached to an aromatic ring is 1. The van der Waals surface area contributed by atoms with Crippen molar-refractivity contribution in [1.29, 1.82) is 0 Å². The van der Waals surface area contributed by atoms with Crippen molar-refractivity contribution in [3.63, 3.8) is 0 Å². The maximum Gasteiger partial charge on any atom is 0.156 e. The van der Waals surface area contributed by atoms with Crippen LogP contribution in [0.5, 0.6) is 5.75 Å². The molecule has 0 atom stereocenters. The Kier molecular flexibility index (Phi) is 1.80. The van der Waals surface area contributed by atoms with Gasteiger partial charge in [0.15, 0.2) is 5.82 Å². The summed E-state index contributed by atoms with van der Waals surface area (Å²) in [5.74, 6) is 2.09. The molecule has 1 aromatic carbocycles. The number of hydrogen-bond acceptors (Lipinski definition) is 3. The van der Waals surface area contributed by atoms with Gasteiger partial charge < -0.3 is 10.5 Å². The summed E-state index contributed by atoms with van der Waals surface area (Å²) in [5.41, 5.74) is 6.71. The van der Waals surface area contributed by atoms with Crippen molar-refractivity contribution in [1.82, 2.24) is 10.2 Å². The van der Waals surface area contributed by atoms with Crippen LogP contribution in [0.3, 0.4) is 0 Å². The van der Waals surface area contributed by atoms with Crippen LogP contribution in [0.25, 0.3) is 10.9 Å². The molecule has 1 heterocycles. The SMILES string of the molecule is Nc1n[nH]c2cccc(OCC3CC3)c12. The van der Waals surface area contributed by atoms with Crippen LogP contribution in [-0.2, 0) is 0 Å². The summed E-state index contributed by atoms with van der Waals surface area (Å²) in [7, 11) is 0. The molecule has 4 heteroatoms. The number of benzene rings is 1. The quantitative estimate of drug-likeness (QED) is 0.801. The van der Waals surface area contributed by atoms with E-state index >= 15 is 0 Å². The number of aromatic nitrogens is 2. The molecule has 1 aliphatic rings. The monoisotopic (exact) mass is 203 g/mol. The third-order valence-electron chi connectivity index (χ3n) is 2.75. The molecule has 1 aromatic heterocycles. The highest BCUT2D eigenvalue weighted by Gasteiger charge is 2.22. The van der Waals surface area contributed by atoms with Crippen molar-refractivity contribution < 1.29 is 4.74 Å². The Morgan fingerprint density at radius 3 is 3.13 bits per heavy atom. The normalized spacial score (nSPS) is 15.7. The lowest BCUT2D eigenvalue weighted by Crippen LogP contribution is -1.99. The number of anilines is 1. The zero-order chi connectivity index (χ0) is 10.3. The molecule has 4 nitrogen and oxygen atoms in total. The number of fused-ring (bicyclic) bond motifs is 1. The molecule has 0 radical (unpaired) electrons. The molecule has 1 fully saturated rings. The van der Waals surface area contributed by atoms with Gasteiger partial charge in [-0.2, -0.15) is 5.10 Å². The second-order valence-electron chi connectivity index (χ2n) is 4.04. The molecule has 0 unspecified atom stereocenters. The number of nitrogens with two attached hydrogens (primary N) is 1. The smallest absolute Gasteiger partial charge is 0.156 e. The number of nitrogens with one attached hydrogen (secondary N) is 1. The van der Waals surface area contributed by atoms with Crippen LogP contribution in [0.15, 0.2) is 18.2 Å². The van der Waals surface area contributed by atoms with Crippen LogP contribution >= 0.6 is 0 Å². The van der Waals surface area contributed by atoms with Gasteiger partial charge in [-0.05, 0) is 30.9 Å². The van der Waals surface area contributed by atoms with E-state index in [-0.39, 0.29) is 0 Å². The van der Waals surface area contributed by atoms with Crippen molar-refractivity contribution in [3.05, 3.63) is 18.2 Å². The number of nitrogens with zero attached hydrogens (tertiary/aromatic N) is 1. The van der Waals surface area contributed by atoms with Crippen molar-refractivity contribution >= 4 is 16.7 Å². The van der Waals surface area contributed by atoms with Crippen LogP contribution in [0.4, 0.5) is 5.82 Å². The highest BCUT2D eigenvalue weighted by atomic mass is 16.5. The molecule has 0 spiro atoms. The Morgan fingerprint density at radius 2 is 2.33 bits per heavy atom. The van der Waals surface area contributed by atoms with Crippen molar-refractivity contribution in [3.8, 4) is 5.75 Å². The average Bonchev–Trinajstić information content (AvgIpc) is 3.00. The molecule has 0 amide bonds. The van der Waals surface area contributed by atoms with E-state index in [0.717, 1.165) is 29.2 Å². The van der Waals surface area contributed by atoms with Crippen molar-refractivity contribution in [2.45, 2.75) is 12.8 Å². The summed E-state index contributed by atoms with van der Waals surface area (Å²) >= 11 is 0. The molecule has 78 valence electrons. The van der Waals surface area contributed by atoms with Gasteiger partial charge in [0.25, 0.3) is 0 Å². The van der Waals surface area contributed by atoms with E-state index in [4.69, 9.17) is 10.5 Å². The minimum absolute atomic E-state index is 0.511. The van der Waals surface area contributed by atoms with Crippen LogP contribution in [0, 0.1) is 5.92 Å². The molecule has 2 aromatic rings. The first-order chi connectivity index (χ1) is 7.34. The summed E-state index contributed by atoms with van der Waals surface area (Å²) in [6.45, 7) is 0.795. The van der Waals surface area contributed by atoms with Gasteiger partial charge in [-0.25, -0.2) is 0 Å². The van der Waals surface area contributed by atoms with Gasteiger partial charge in [-0.15, -0.1) is 0 Å². The molecular formula is C11H13N3O. The van der Waals surface area contributed by atoms with E-state index in [1.807, 2.05) is 18.2 Å². The Balaban J connectivity index is 1.96. The predicted molar refractivity (Wildman–Crippen MR) is 58.7 cm³/mol. The van der Waals surface area contributed by atoms with Gasteiger partial charge in [0.05, 0.1) is 17.5 Å². The third kappa shape index (κ3) is 1.52. The molecule has 15 heavy (non-hydrogen) atoms. The highest BCUT2D eigenvalue weighted by molar-refractivity contribution is 5.94. The molecule has 3 rings (SSSR count). The van der Waals surface area contributed by atoms with E-state index < -0.39 is 0 Å². The average molecular weight is 203 g/mol. The highest BCUT2D eigenvalue weighted by Crippen LogP contribution is 2.33. The van der Waals surface area contributed by atoms with E-state index in [1.165, 1.54) is 12.8 Å². The lowest BCUT2D eigenvalue weighted by Gasteiger charge is -2.06. The second-order valence-corrected chi connectivity index (χ2v) is 4.04. The van der Waals surface area contributed by atoms with Crippen LogP contribution in [0.2, 0.25) is 0 Å². The first-order valence-electron chi connectivity index (χ1n) is 5.20. The molecule has 1 aliphatic carbocycles. The van der Waals surface area contributed by atoms with Gasteiger partial charge >= 0.3 is 0 Å². The molecule has 1 saturated carbocycles. The standard InChI is InChI=1S/C11H13N3O/c12-11-10-8(13-14-11)2-1-3-9(10)15-6-7-4-5-7/h1-3,7H,4-6H2,(H3,12,13,14). The first-order valence-corrected chi connectivity index (χ1v) is 5.20. The Labute approximate surface area is 87.4 Å². The van der Waals surface area contributed by atoms with E-state index in [9.17, 15) is 0 Å². The molecule has 0 bridgehead atoms. The maximum atomic E-state index is 5.78. The van der Waals surface area contributed by atoms with E-state index in [1.54, 1.807) is 0 Å². The molecular weight excluding hydrogens is 190 g/mol. The zero-order valence-corrected chi connectivity index (χ0v) is 8.36. The minimum Gasteiger partial charge on any atom is -0.492 e. The number of H-pyrrole nitrogens is 1. The minimum atomic E-state index is 0.511. The van der Waals surface area contributed by atoms with E-state index in [0.29, 0.717) is 5.82 Å². The lowest BCUT2D eigenvalue weighted by molar-refractivity contribution is 0.303. The Morgan fingerprint density at radius 1 is 1.47 bits per heavy atom. The summed E-state index contributed by atoms with van der Waals surface area (Å²) in [6, 6.07) is 5.83. The van der Waals surface area contributed by atoms with Crippen LogP contribution in [0.1, 0.15) is 12.8 Å². The number of hydrogen-bond donors (Lipinski definition) is 2. The third-order valence-corrected chi connectivity index (χ3v) is 2.75. The largest absolute Gasteiger partial charge is 0.492 e. The molecule has 0 aliphatic heterocycles. The summed E-state index contributed by atoms with van der Waals surface area (Å²) in [4.78, 5) is 0. The lowest BCUT2D eigenvalue weighted by atomic mass is 10.2. The van der Waals surface area contributed by atoms with Crippen LogP contribution in [-0.4, -0.2) is 16.8 Å². The second kappa shape index (κ2) is 3.15. The first kappa shape index (κ1) is 8.59. The summed E-state index contributed by atoms with van der Waals surface area (Å²) in [5, 5.41) is 7.75. The Hall–Kier alpha value is -1.71. The van der Waals surface area contributed by atoms with Gasteiger partial charge in [-0.3, -0.25) is 5.10 Å². The fourth-order valence-electron chi connectivity index (χ4n) is 1.68. The number of rotatable bonds is 3. The van der Waals surface area contributed by atoms with Gasteiger partial charge in [0, 0.05) is 0 Å². The fraction of sp³-hybridized carbons (Fsp3) is 0.364. The van der Waals surface area contributed by atoms with Gasteiger partial charge in [-0.1, -0.05) is 6.07 Å². The summed E-state index contributed by atoms with van der Waals surface area (Å²) < 4.78 is 5.74. The van der Waals surface area contributed by atoms with Crippen molar-refractivity contribution in [2.24, 2.45) is 5.92 Å². The van der Waals surface area contributed by atoms with Crippen molar-refractivity contribution in [2.75, 3.05) is 12.3 Å². The maximum absolute atomic E-state index is 5.78. The molecule has 3 N–H and O–H groups in total. The zero-order valence-electron chi connectivity index (χ0n) is 8.36. The molecule has 0 saturated heterocycles. The fourth-order valence-corrected chi connectivity index (χ4v) is 1.68. The number of aromatic amines is 1. The predicted octanol–water partition coefficient (Wildman–Crippen LogP) is 1.93. The van der Waals surface area contributed by atoms with Gasteiger partial charge in [0.1, 0.15) is 5.75 Å². The summed E-state index contributed by atoms with van der Waals surface area (Å²) in [6.07, 6.45) is 2.58. The number of ether oxygens (including phenoxy) is 1. The van der Waals surface area contributed by atoms with E-state index in [2.05, 4.69) is 10.2 Å².